The number of allylic oxidation sites excluding steroid dienone is 1. The van der Waals surface area contributed by atoms with Gasteiger partial charge in [0.15, 0.2) is 0 Å². The summed E-state index contributed by atoms with van der Waals surface area (Å²) in [6, 6.07) is 0. The Bertz CT molecular complexity index is 56.1. The van der Waals surface area contributed by atoms with Gasteiger partial charge in [-0.2, -0.15) is 0 Å². The van der Waals surface area contributed by atoms with Gasteiger partial charge >= 0.3 is 0 Å². The molecule has 0 aliphatic heterocycles. The zero-order valence-corrected chi connectivity index (χ0v) is 7.60. The summed E-state index contributed by atoms with van der Waals surface area (Å²) in [6.07, 6.45) is 0. The fourth-order valence-electron chi connectivity index (χ4n) is 0. The lowest BCUT2D eigenvalue weighted by Crippen LogP contribution is -1.51. The van der Waals surface area contributed by atoms with Crippen molar-refractivity contribution < 1.29 is 0 Å². The van der Waals surface area contributed by atoms with E-state index in [2.05, 4.69) is 54.7 Å². The lowest BCUT2D eigenvalue weighted by Gasteiger charge is -1.80. The van der Waals surface area contributed by atoms with Crippen molar-refractivity contribution in [1.29, 1.82) is 0 Å². The standard InChI is InChI=1S/C3H2Br3/c1-2(4)3(5)6/h1H2. The Labute approximate surface area is 62.4 Å². The first kappa shape index (κ1) is 7.18. The summed E-state index contributed by atoms with van der Waals surface area (Å²) >= 11 is 9.36. The van der Waals surface area contributed by atoms with Crippen LogP contribution in [-0.2, 0) is 0 Å². The molecule has 0 aromatic carbocycles. The van der Waals surface area contributed by atoms with E-state index in [4.69, 9.17) is 0 Å². The molecule has 0 spiro atoms. The van der Waals surface area contributed by atoms with E-state index >= 15 is 0 Å². The van der Waals surface area contributed by atoms with E-state index < -0.39 is 0 Å². The van der Waals surface area contributed by atoms with E-state index in [9.17, 15) is 0 Å². The molecule has 0 N–H and O–H groups in total. The number of hydrogen-bond acceptors (Lipinski definition) is 0. The predicted octanol–water partition coefficient (Wildman–Crippen LogP) is 3.17. The maximum atomic E-state index is 3.54. The summed E-state index contributed by atoms with van der Waals surface area (Å²) < 4.78 is 1.68. The van der Waals surface area contributed by atoms with Gasteiger partial charge in [-0.05, 0) is 38.8 Å². The molecule has 1 radical (unpaired) electrons. The maximum absolute atomic E-state index is 3.54. The van der Waals surface area contributed by atoms with Crippen LogP contribution in [0.2, 0.25) is 0 Å². The molecule has 0 aliphatic rings. The number of halogens is 3. The highest BCUT2D eigenvalue weighted by molar-refractivity contribution is 9.29. The number of hydrogen-bond donors (Lipinski definition) is 0. The van der Waals surface area contributed by atoms with Crippen LogP contribution in [0.15, 0.2) is 7.87 Å². The van der Waals surface area contributed by atoms with Gasteiger partial charge in [0, 0.05) is 4.48 Å². The minimum Gasteiger partial charge on any atom is -0.0538 e. The van der Waals surface area contributed by atoms with Gasteiger partial charge in [0.1, 0.15) is 0 Å². The first-order chi connectivity index (χ1) is 2.64. The van der Waals surface area contributed by atoms with Gasteiger partial charge in [0.05, 0.1) is 3.39 Å². The van der Waals surface area contributed by atoms with Crippen LogP contribution in [0.3, 0.4) is 0 Å². The molecule has 3 heteroatoms. The predicted molar refractivity (Wildman–Crippen MR) is 39.2 cm³/mol. The maximum Gasteiger partial charge on any atom is 0.0705 e. The summed E-state index contributed by atoms with van der Waals surface area (Å²) in [4.78, 5) is 0. The molecule has 0 nitrogen and oxygen atoms in total. The molecule has 35 valence electrons. The normalized spacial score (nSPS) is 8.00. The molecule has 0 unspecified atom stereocenters. The molecule has 0 bridgehead atoms. The van der Waals surface area contributed by atoms with E-state index in [0.29, 0.717) is 0 Å². The highest BCUT2D eigenvalue weighted by atomic mass is 79.9. The minimum atomic E-state index is 0.822. The summed E-state index contributed by atoms with van der Waals surface area (Å²) in [5.41, 5.74) is 0. The minimum absolute atomic E-state index is 0.822. The van der Waals surface area contributed by atoms with Crippen molar-refractivity contribution in [2.75, 3.05) is 0 Å². The Balaban J connectivity index is 3.68. The molecule has 0 atom stereocenters. The first-order valence-electron chi connectivity index (χ1n) is 1.17. The molecule has 0 saturated heterocycles. The van der Waals surface area contributed by atoms with E-state index in [0.717, 1.165) is 7.87 Å². The van der Waals surface area contributed by atoms with Crippen LogP contribution >= 0.6 is 47.8 Å². The van der Waals surface area contributed by atoms with Gasteiger partial charge in [-0.15, -0.1) is 0 Å². The quantitative estimate of drug-likeness (QED) is 0.638. The Morgan fingerprint density at radius 1 is 1.17 bits per heavy atom. The monoisotopic (exact) mass is 275 g/mol. The highest BCUT2D eigenvalue weighted by Crippen LogP contribution is 2.21. The van der Waals surface area contributed by atoms with Crippen molar-refractivity contribution in [2.24, 2.45) is 0 Å². The van der Waals surface area contributed by atoms with E-state index in [1.807, 2.05) is 0 Å². The SMILES string of the molecule is [CH2]C(Br)=C(Br)Br. The second-order valence-corrected chi connectivity index (χ2v) is 4.27. The van der Waals surface area contributed by atoms with Crippen LogP contribution in [0.1, 0.15) is 0 Å². The van der Waals surface area contributed by atoms with Crippen LogP contribution in [0, 0.1) is 6.92 Å². The molecular weight excluding hydrogens is 276 g/mol. The van der Waals surface area contributed by atoms with Crippen LogP contribution in [0.5, 0.6) is 0 Å². The molecule has 0 aliphatic carbocycles. The molecule has 0 amide bonds. The Morgan fingerprint density at radius 2 is 1.33 bits per heavy atom. The fraction of sp³-hybridized carbons (Fsp3) is 0. The van der Waals surface area contributed by atoms with Gasteiger partial charge < -0.3 is 0 Å². The molecule has 0 rings (SSSR count). The molecule has 0 aromatic heterocycles. The van der Waals surface area contributed by atoms with Gasteiger partial charge in [0.2, 0.25) is 0 Å². The van der Waals surface area contributed by atoms with E-state index in [1.54, 1.807) is 0 Å². The van der Waals surface area contributed by atoms with E-state index in [-0.39, 0.29) is 0 Å². The highest BCUT2D eigenvalue weighted by Gasteiger charge is 1.83. The lowest BCUT2D eigenvalue weighted by molar-refractivity contribution is 2.08. The van der Waals surface area contributed by atoms with Crippen LogP contribution in [0.4, 0.5) is 0 Å². The van der Waals surface area contributed by atoms with Gasteiger partial charge in [-0.1, -0.05) is 15.9 Å². The Hall–Kier alpha value is 1.18. The van der Waals surface area contributed by atoms with Crippen molar-refractivity contribution >= 4 is 47.8 Å². The zero-order valence-electron chi connectivity index (χ0n) is 2.84. The summed E-state index contributed by atoms with van der Waals surface area (Å²) in [5, 5.41) is 0. The van der Waals surface area contributed by atoms with Gasteiger partial charge in [-0.3, -0.25) is 0 Å². The van der Waals surface area contributed by atoms with Crippen molar-refractivity contribution in [3.8, 4) is 0 Å². The largest absolute Gasteiger partial charge is 0.0705 e. The summed E-state index contributed by atoms with van der Waals surface area (Å²) in [7, 11) is 0. The van der Waals surface area contributed by atoms with Gasteiger partial charge in [-0.25, -0.2) is 0 Å². The molecule has 0 heterocycles. The topological polar surface area (TPSA) is 0 Å². The molecular formula is C3H2Br3. The number of rotatable bonds is 0. The fourth-order valence-corrected chi connectivity index (χ4v) is 0. The van der Waals surface area contributed by atoms with Crippen LogP contribution in [0.25, 0.3) is 0 Å². The smallest absolute Gasteiger partial charge is 0.0538 e. The molecule has 0 fully saturated rings. The van der Waals surface area contributed by atoms with Crippen molar-refractivity contribution in [3.05, 3.63) is 14.8 Å². The third kappa shape index (κ3) is 3.37. The van der Waals surface area contributed by atoms with Crippen LogP contribution in [-0.4, -0.2) is 0 Å². The van der Waals surface area contributed by atoms with Gasteiger partial charge in [0.25, 0.3) is 0 Å². The summed E-state index contributed by atoms with van der Waals surface area (Å²) in [5.74, 6) is 0. The average Bonchev–Trinajstić information content (AvgIpc) is 1.36. The molecule has 0 aromatic rings. The van der Waals surface area contributed by atoms with Crippen LogP contribution < -0.4 is 0 Å². The Kier molecular flexibility index (Phi) is 3.85. The third-order valence-corrected chi connectivity index (χ3v) is 2.62. The lowest BCUT2D eigenvalue weighted by atomic mass is 10.8. The second-order valence-electron chi connectivity index (χ2n) is 0.665. The Morgan fingerprint density at radius 3 is 1.33 bits per heavy atom. The third-order valence-electron chi connectivity index (χ3n) is 0.205. The molecule has 6 heavy (non-hydrogen) atoms. The second kappa shape index (κ2) is 3.22. The van der Waals surface area contributed by atoms with Crippen molar-refractivity contribution in [3.63, 3.8) is 0 Å². The van der Waals surface area contributed by atoms with E-state index in [1.165, 1.54) is 0 Å². The van der Waals surface area contributed by atoms with Crippen molar-refractivity contribution in [2.45, 2.75) is 0 Å². The van der Waals surface area contributed by atoms with Crippen molar-refractivity contribution in [1.82, 2.24) is 0 Å². The zero-order chi connectivity index (χ0) is 5.15. The molecule has 0 saturated carbocycles. The first-order valence-corrected chi connectivity index (χ1v) is 3.55. The average molecular weight is 278 g/mol. The summed E-state index contributed by atoms with van der Waals surface area (Å²) in [6.45, 7) is 3.54.